The summed E-state index contributed by atoms with van der Waals surface area (Å²) in [6.07, 6.45) is -0.144. The van der Waals surface area contributed by atoms with E-state index < -0.39 is 5.97 Å². The van der Waals surface area contributed by atoms with E-state index in [-0.39, 0.29) is 12.3 Å². The molecule has 5 nitrogen and oxygen atoms in total. The molecule has 0 aliphatic carbocycles. The SMILES string of the molecule is Cc1cccc(C(=O)Nc2nc(CC(=O)O)cs2)c1I. The van der Waals surface area contributed by atoms with E-state index in [1.165, 1.54) is 11.3 Å². The Bertz CT molecular complexity index is 669. The normalized spacial score (nSPS) is 10.3. The maximum atomic E-state index is 12.2. The number of hydrogen-bond donors (Lipinski definition) is 2. The van der Waals surface area contributed by atoms with Gasteiger partial charge in [0.1, 0.15) is 0 Å². The number of amides is 1. The molecule has 0 aliphatic heterocycles. The first-order valence-electron chi connectivity index (χ1n) is 5.70. The number of halogens is 1. The summed E-state index contributed by atoms with van der Waals surface area (Å²) in [6, 6.07) is 5.51. The van der Waals surface area contributed by atoms with Gasteiger partial charge in [-0.25, -0.2) is 4.98 Å². The summed E-state index contributed by atoms with van der Waals surface area (Å²) in [7, 11) is 0. The first-order chi connectivity index (χ1) is 9.47. The van der Waals surface area contributed by atoms with Gasteiger partial charge in [0.15, 0.2) is 5.13 Å². The van der Waals surface area contributed by atoms with E-state index in [0.717, 1.165) is 9.13 Å². The Labute approximate surface area is 133 Å². The monoisotopic (exact) mass is 402 g/mol. The third-order valence-electron chi connectivity index (χ3n) is 2.54. The van der Waals surface area contributed by atoms with Gasteiger partial charge < -0.3 is 5.11 Å². The van der Waals surface area contributed by atoms with Crippen LogP contribution in [-0.4, -0.2) is 22.0 Å². The molecule has 0 unspecified atom stereocenters. The van der Waals surface area contributed by atoms with Gasteiger partial charge in [0, 0.05) is 8.95 Å². The number of aromatic nitrogens is 1. The summed E-state index contributed by atoms with van der Waals surface area (Å²) < 4.78 is 0.893. The fourth-order valence-corrected chi connectivity index (χ4v) is 2.90. The number of rotatable bonds is 4. The van der Waals surface area contributed by atoms with Gasteiger partial charge in [-0.3, -0.25) is 14.9 Å². The Kier molecular flexibility index (Phi) is 4.71. The Hall–Kier alpha value is -1.48. The molecule has 0 radical (unpaired) electrons. The minimum atomic E-state index is -0.943. The minimum Gasteiger partial charge on any atom is -0.481 e. The topological polar surface area (TPSA) is 79.3 Å². The summed E-state index contributed by atoms with van der Waals surface area (Å²) in [5.41, 5.74) is 2.06. The van der Waals surface area contributed by atoms with Gasteiger partial charge in [0.05, 0.1) is 17.7 Å². The molecule has 7 heteroatoms. The van der Waals surface area contributed by atoms with E-state index in [1.807, 2.05) is 19.1 Å². The van der Waals surface area contributed by atoms with Crippen LogP contribution in [-0.2, 0) is 11.2 Å². The van der Waals surface area contributed by atoms with Crippen molar-refractivity contribution in [2.45, 2.75) is 13.3 Å². The van der Waals surface area contributed by atoms with Crippen LogP contribution in [0.4, 0.5) is 5.13 Å². The molecule has 2 N–H and O–H groups in total. The third kappa shape index (κ3) is 3.54. The zero-order chi connectivity index (χ0) is 14.7. The Morgan fingerprint density at radius 2 is 2.20 bits per heavy atom. The number of anilines is 1. The molecule has 0 fully saturated rings. The van der Waals surface area contributed by atoms with Gasteiger partial charge in [-0.15, -0.1) is 11.3 Å². The zero-order valence-corrected chi connectivity index (χ0v) is 13.5. The van der Waals surface area contributed by atoms with Crippen molar-refractivity contribution in [2.75, 3.05) is 5.32 Å². The number of aryl methyl sites for hydroxylation is 1. The van der Waals surface area contributed by atoms with Crippen molar-refractivity contribution in [3.05, 3.63) is 44.0 Å². The van der Waals surface area contributed by atoms with Crippen LogP contribution in [0.2, 0.25) is 0 Å². The number of carboxylic acids is 1. The molecule has 104 valence electrons. The smallest absolute Gasteiger partial charge is 0.309 e. The maximum absolute atomic E-state index is 12.2. The summed E-state index contributed by atoms with van der Waals surface area (Å²) in [6.45, 7) is 1.94. The molecular formula is C13H11IN2O3S. The molecule has 0 spiro atoms. The highest BCUT2D eigenvalue weighted by Gasteiger charge is 2.13. The number of nitrogens with zero attached hydrogens (tertiary/aromatic N) is 1. The third-order valence-corrected chi connectivity index (χ3v) is 4.78. The summed E-state index contributed by atoms with van der Waals surface area (Å²) >= 11 is 3.34. The molecule has 1 aromatic heterocycles. The zero-order valence-electron chi connectivity index (χ0n) is 10.5. The van der Waals surface area contributed by atoms with E-state index >= 15 is 0 Å². The second-order valence-electron chi connectivity index (χ2n) is 4.11. The quantitative estimate of drug-likeness (QED) is 0.771. The van der Waals surface area contributed by atoms with E-state index in [4.69, 9.17) is 5.11 Å². The number of nitrogens with one attached hydrogen (secondary N) is 1. The van der Waals surface area contributed by atoms with Crippen molar-refractivity contribution >= 4 is 50.9 Å². The van der Waals surface area contributed by atoms with Gasteiger partial charge in [-0.2, -0.15) is 0 Å². The van der Waals surface area contributed by atoms with Gasteiger partial charge in [-0.05, 0) is 41.1 Å². The molecule has 0 saturated carbocycles. The fourth-order valence-electron chi connectivity index (χ4n) is 1.59. The molecule has 0 aliphatic rings. The second kappa shape index (κ2) is 6.31. The van der Waals surface area contributed by atoms with Crippen molar-refractivity contribution in [1.29, 1.82) is 0 Å². The van der Waals surface area contributed by atoms with Crippen LogP contribution in [0.25, 0.3) is 0 Å². The number of benzene rings is 1. The number of carbonyl (C=O) groups excluding carboxylic acids is 1. The van der Waals surface area contributed by atoms with E-state index in [9.17, 15) is 9.59 Å². The standard InChI is InChI=1S/C13H11IN2O3S/c1-7-3-2-4-9(11(7)14)12(19)16-13-15-8(6-20-13)5-10(17)18/h2-4,6H,5H2,1H3,(H,17,18)(H,15,16,19). The van der Waals surface area contributed by atoms with E-state index in [2.05, 4.69) is 32.9 Å². The Morgan fingerprint density at radius 3 is 2.90 bits per heavy atom. The molecule has 0 atom stereocenters. The molecule has 1 aromatic carbocycles. The van der Waals surface area contributed by atoms with Gasteiger partial charge in [0.25, 0.3) is 5.91 Å². The number of hydrogen-bond acceptors (Lipinski definition) is 4. The maximum Gasteiger partial charge on any atom is 0.309 e. The minimum absolute atomic E-state index is 0.144. The predicted octanol–water partition coefficient (Wildman–Crippen LogP) is 2.94. The summed E-state index contributed by atoms with van der Waals surface area (Å²) in [5.74, 6) is -1.18. The molecule has 0 bridgehead atoms. The molecule has 1 heterocycles. The molecule has 20 heavy (non-hydrogen) atoms. The average Bonchev–Trinajstić information content (AvgIpc) is 2.79. The highest BCUT2D eigenvalue weighted by molar-refractivity contribution is 14.1. The fraction of sp³-hybridized carbons (Fsp3) is 0.154. The molecule has 0 saturated heterocycles. The van der Waals surface area contributed by atoms with E-state index in [0.29, 0.717) is 16.4 Å². The van der Waals surface area contributed by atoms with Crippen molar-refractivity contribution in [1.82, 2.24) is 4.98 Å². The Morgan fingerprint density at radius 1 is 1.45 bits per heavy atom. The van der Waals surface area contributed by atoms with Crippen LogP contribution in [0.5, 0.6) is 0 Å². The molecule has 2 aromatic rings. The predicted molar refractivity (Wildman–Crippen MR) is 85.3 cm³/mol. The molecular weight excluding hydrogens is 391 g/mol. The summed E-state index contributed by atoms with van der Waals surface area (Å²) in [4.78, 5) is 26.8. The average molecular weight is 402 g/mol. The number of carbonyl (C=O) groups is 2. The van der Waals surface area contributed by atoms with Crippen molar-refractivity contribution in [3.63, 3.8) is 0 Å². The lowest BCUT2D eigenvalue weighted by atomic mass is 10.1. The summed E-state index contributed by atoms with van der Waals surface area (Å²) in [5, 5.41) is 13.4. The van der Waals surface area contributed by atoms with Crippen LogP contribution in [0, 0.1) is 10.5 Å². The highest BCUT2D eigenvalue weighted by atomic mass is 127. The number of carboxylic acid groups (broad SMARTS) is 1. The van der Waals surface area contributed by atoms with Gasteiger partial charge >= 0.3 is 5.97 Å². The van der Waals surface area contributed by atoms with E-state index in [1.54, 1.807) is 11.4 Å². The molecule has 1 amide bonds. The van der Waals surface area contributed by atoms with Gasteiger partial charge in [0.2, 0.25) is 0 Å². The Balaban J connectivity index is 2.13. The lowest BCUT2D eigenvalue weighted by Crippen LogP contribution is -2.14. The van der Waals surface area contributed by atoms with Crippen LogP contribution < -0.4 is 5.32 Å². The van der Waals surface area contributed by atoms with Crippen molar-refractivity contribution < 1.29 is 14.7 Å². The first kappa shape index (κ1) is 14.9. The second-order valence-corrected chi connectivity index (χ2v) is 6.04. The number of thiazole rings is 1. The molecule has 2 rings (SSSR count). The van der Waals surface area contributed by atoms with Crippen LogP contribution in [0.1, 0.15) is 21.6 Å². The van der Waals surface area contributed by atoms with Crippen molar-refractivity contribution in [2.24, 2.45) is 0 Å². The number of aliphatic carboxylic acids is 1. The lowest BCUT2D eigenvalue weighted by Gasteiger charge is -2.06. The largest absolute Gasteiger partial charge is 0.481 e. The highest BCUT2D eigenvalue weighted by Crippen LogP contribution is 2.20. The van der Waals surface area contributed by atoms with Gasteiger partial charge in [-0.1, -0.05) is 12.1 Å². The van der Waals surface area contributed by atoms with Crippen LogP contribution >= 0.6 is 33.9 Å². The van der Waals surface area contributed by atoms with Crippen LogP contribution in [0.3, 0.4) is 0 Å². The van der Waals surface area contributed by atoms with Crippen molar-refractivity contribution in [3.8, 4) is 0 Å². The first-order valence-corrected chi connectivity index (χ1v) is 7.66. The lowest BCUT2D eigenvalue weighted by molar-refractivity contribution is -0.136. The van der Waals surface area contributed by atoms with Crippen LogP contribution in [0.15, 0.2) is 23.6 Å².